The van der Waals surface area contributed by atoms with Crippen molar-refractivity contribution in [2.45, 2.75) is 32.1 Å². The molecule has 1 aromatic rings. The maximum Gasteiger partial charge on any atom is 0.0952 e. The number of hydrogen-bond donors (Lipinski definition) is 1. The van der Waals surface area contributed by atoms with E-state index >= 15 is 0 Å². The third-order valence-electron chi connectivity index (χ3n) is 2.60. The van der Waals surface area contributed by atoms with Gasteiger partial charge in [-0.1, -0.05) is 0 Å². The molecule has 0 amide bonds. The van der Waals surface area contributed by atoms with Crippen LogP contribution >= 0.6 is 0 Å². The zero-order valence-electron chi connectivity index (χ0n) is 7.68. The quantitative estimate of drug-likeness (QED) is 0.733. The average Bonchev–Trinajstić information content (AvgIpc) is 2.71. The number of hydrogen-bond acceptors (Lipinski definition) is 3. The molecule has 4 nitrogen and oxygen atoms in total. The summed E-state index contributed by atoms with van der Waals surface area (Å²) < 4.78 is 7.47. The number of nitrogens with zero attached hydrogens (tertiary/aromatic N) is 2. The summed E-state index contributed by atoms with van der Waals surface area (Å²) in [5, 5.41) is 9.05. The van der Waals surface area contributed by atoms with Gasteiger partial charge in [-0.15, -0.1) is 0 Å². The molecule has 1 aliphatic heterocycles. The molecule has 1 aliphatic rings. The van der Waals surface area contributed by atoms with Gasteiger partial charge in [0.15, 0.2) is 0 Å². The average molecular weight is 182 g/mol. The van der Waals surface area contributed by atoms with Crippen LogP contribution in [-0.2, 0) is 11.3 Å². The Kier molecular flexibility index (Phi) is 2.33. The topological polar surface area (TPSA) is 47.3 Å². The van der Waals surface area contributed by atoms with Gasteiger partial charge in [0.2, 0.25) is 0 Å². The first-order valence-electron chi connectivity index (χ1n) is 4.56. The van der Waals surface area contributed by atoms with Crippen LogP contribution in [0.4, 0.5) is 0 Å². The number of rotatable bonds is 2. The summed E-state index contributed by atoms with van der Waals surface area (Å²) in [5.41, 5.74) is 0.863. The van der Waals surface area contributed by atoms with Crippen LogP contribution in [0.2, 0.25) is 0 Å². The van der Waals surface area contributed by atoms with Crippen molar-refractivity contribution in [1.82, 2.24) is 9.55 Å². The van der Waals surface area contributed by atoms with Crippen LogP contribution in [0.5, 0.6) is 0 Å². The molecule has 13 heavy (non-hydrogen) atoms. The van der Waals surface area contributed by atoms with Crippen LogP contribution in [-0.4, -0.2) is 27.4 Å². The molecule has 1 N–H and O–H groups in total. The molecule has 1 aromatic heterocycles. The van der Waals surface area contributed by atoms with Crippen molar-refractivity contribution < 1.29 is 9.84 Å². The van der Waals surface area contributed by atoms with Crippen LogP contribution in [0.25, 0.3) is 0 Å². The summed E-state index contributed by atoms with van der Waals surface area (Å²) in [5.74, 6) is 0. The Morgan fingerprint density at radius 2 is 2.62 bits per heavy atom. The molecule has 0 bridgehead atoms. The third-order valence-corrected chi connectivity index (χ3v) is 2.60. The zero-order valence-corrected chi connectivity index (χ0v) is 7.68. The van der Waals surface area contributed by atoms with Gasteiger partial charge >= 0.3 is 0 Å². The largest absolute Gasteiger partial charge is 0.390 e. The molecule has 4 heteroatoms. The molecule has 2 rings (SSSR count). The van der Waals surface area contributed by atoms with Crippen molar-refractivity contribution in [3.63, 3.8) is 0 Å². The first-order valence-corrected chi connectivity index (χ1v) is 4.56. The van der Waals surface area contributed by atoms with Crippen molar-refractivity contribution in [2.24, 2.45) is 0 Å². The normalized spacial score (nSPS) is 28.2. The summed E-state index contributed by atoms with van der Waals surface area (Å²) in [6.45, 7) is 2.90. The second-order valence-corrected chi connectivity index (χ2v) is 3.38. The first kappa shape index (κ1) is 8.72. The van der Waals surface area contributed by atoms with Crippen molar-refractivity contribution in [1.29, 1.82) is 0 Å². The fourth-order valence-electron chi connectivity index (χ4n) is 1.84. The molecule has 1 saturated heterocycles. The van der Waals surface area contributed by atoms with E-state index in [1.807, 2.05) is 4.57 Å². The van der Waals surface area contributed by atoms with Gasteiger partial charge in [0.25, 0.3) is 0 Å². The lowest BCUT2D eigenvalue weighted by Crippen LogP contribution is -2.18. The van der Waals surface area contributed by atoms with Gasteiger partial charge in [0, 0.05) is 6.61 Å². The van der Waals surface area contributed by atoms with Crippen LogP contribution in [0.15, 0.2) is 12.5 Å². The highest BCUT2D eigenvalue weighted by Gasteiger charge is 2.26. The molecular formula is C9H14N2O2. The predicted octanol–water partition coefficient (Wildman–Crippen LogP) is 0.725. The van der Waals surface area contributed by atoms with E-state index in [2.05, 4.69) is 11.9 Å². The van der Waals surface area contributed by atoms with E-state index in [0.717, 1.165) is 18.7 Å². The van der Waals surface area contributed by atoms with Crippen molar-refractivity contribution in [3.8, 4) is 0 Å². The summed E-state index contributed by atoms with van der Waals surface area (Å²) in [4.78, 5) is 4.02. The minimum Gasteiger partial charge on any atom is -0.390 e. The molecule has 0 spiro atoms. The number of aliphatic hydroxyl groups is 1. The fraction of sp³-hybridized carbons (Fsp3) is 0.667. The van der Waals surface area contributed by atoms with Gasteiger partial charge in [-0.25, -0.2) is 4.98 Å². The Bertz CT molecular complexity index is 285. The Morgan fingerprint density at radius 1 is 1.77 bits per heavy atom. The minimum absolute atomic E-state index is 0.0449. The van der Waals surface area contributed by atoms with Crippen molar-refractivity contribution >= 4 is 0 Å². The molecule has 0 aliphatic carbocycles. The molecule has 72 valence electrons. The molecule has 0 saturated carbocycles. The van der Waals surface area contributed by atoms with E-state index in [-0.39, 0.29) is 12.7 Å². The molecule has 2 atom stereocenters. The maximum atomic E-state index is 9.05. The summed E-state index contributed by atoms with van der Waals surface area (Å²) in [7, 11) is 0. The Balaban J connectivity index is 2.23. The summed E-state index contributed by atoms with van der Waals surface area (Å²) >= 11 is 0. The van der Waals surface area contributed by atoms with Crippen LogP contribution in [0.3, 0.4) is 0 Å². The second kappa shape index (κ2) is 3.47. The van der Waals surface area contributed by atoms with E-state index in [1.165, 1.54) is 0 Å². The van der Waals surface area contributed by atoms with Crippen LogP contribution < -0.4 is 0 Å². The molecule has 0 radical (unpaired) electrons. The van der Waals surface area contributed by atoms with Gasteiger partial charge < -0.3 is 14.4 Å². The molecular weight excluding hydrogens is 168 g/mol. The zero-order chi connectivity index (χ0) is 9.26. The van der Waals surface area contributed by atoms with E-state index < -0.39 is 0 Å². The number of aromatic nitrogens is 2. The lowest BCUT2D eigenvalue weighted by atomic mass is 10.1. The van der Waals surface area contributed by atoms with E-state index in [1.54, 1.807) is 12.5 Å². The van der Waals surface area contributed by atoms with Crippen molar-refractivity contribution in [3.05, 3.63) is 18.2 Å². The highest BCUT2D eigenvalue weighted by atomic mass is 16.5. The van der Waals surface area contributed by atoms with E-state index in [4.69, 9.17) is 9.84 Å². The monoisotopic (exact) mass is 182 g/mol. The highest BCUT2D eigenvalue weighted by molar-refractivity contribution is 5.00. The number of aliphatic hydroxyl groups excluding tert-OH is 1. The Hall–Kier alpha value is -0.870. The molecule has 2 unspecified atom stereocenters. The number of imidazole rings is 1. The van der Waals surface area contributed by atoms with E-state index in [0.29, 0.717) is 6.04 Å². The lowest BCUT2D eigenvalue weighted by Gasteiger charge is -2.17. The SMILES string of the molecule is CC1OCCC1n1cncc1CO. The molecule has 0 aromatic carbocycles. The second-order valence-electron chi connectivity index (χ2n) is 3.38. The summed E-state index contributed by atoms with van der Waals surface area (Å²) in [6.07, 6.45) is 4.69. The molecule has 1 fully saturated rings. The van der Waals surface area contributed by atoms with Gasteiger partial charge in [-0.3, -0.25) is 0 Å². The number of ether oxygens (including phenoxy) is 1. The van der Waals surface area contributed by atoms with Crippen LogP contribution in [0, 0.1) is 0 Å². The van der Waals surface area contributed by atoms with Gasteiger partial charge in [0.05, 0.1) is 37.0 Å². The third kappa shape index (κ3) is 1.47. The fourth-order valence-corrected chi connectivity index (χ4v) is 1.84. The minimum atomic E-state index is 0.0449. The van der Waals surface area contributed by atoms with Crippen molar-refractivity contribution in [2.75, 3.05) is 6.61 Å². The Morgan fingerprint density at radius 3 is 3.23 bits per heavy atom. The van der Waals surface area contributed by atoms with E-state index in [9.17, 15) is 0 Å². The lowest BCUT2D eigenvalue weighted by molar-refractivity contribution is 0.106. The Labute approximate surface area is 77.2 Å². The maximum absolute atomic E-state index is 9.05. The molecule has 2 heterocycles. The smallest absolute Gasteiger partial charge is 0.0952 e. The van der Waals surface area contributed by atoms with Crippen LogP contribution in [0.1, 0.15) is 25.1 Å². The predicted molar refractivity (Wildman–Crippen MR) is 47.2 cm³/mol. The van der Waals surface area contributed by atoms with Gasteiger partial charge in [-0.2, -0.15) is 0 Å². The summed E-state index contributed by atoms with van der Waals surface area (Å²) in [6, 6.07) is 0.338. The standard InChI is InChI=1S/C9H14N2O2/c1-7-9(2-3-13-7)11-6-10-4-8(11)5-12/h4,6-7,9,12H,2-3,5H2,1H3. The highest BCUT2D eigenvalue weighted by Crippen LogP contribution is 2.26. The van der Waals surface area contributed by atoms with Gasteiger partial charge in [-0.05, 0) is 13.3 Å². The van der Waals surface area contributed by atoms with Gasteiger partial charge in [0.1, 0.15) is 0 Å². The first-order chi connectivity index (χ1) is 6.33.